The number of hydrogen-bond donors (Lipinski definition) is 1. The normalized spacial score (nSPS) is 11.8. The van der Waals surface area contributed by atoms with Gasteiger partial charge in [-0.3, -0.25) is 9.59 Å². The molecular weight excluding hydrogens is 336 g/mol. The van der Waals surface area contributed by atoms with Gasteiger partial charge in [0.05, 0.1) is 13.0 Å². The number of ether oxygens (including phenoxy) is 2. The molecule has 0 spiro atoms. The van der Waals surface area contributed by atoms with Crippen molar-refractivity contribution in [3.05, 3.63) is 0 Å². The van der Waals surface area contributed by atoms with Crippen LogP contribution in [0.5, 0.6) is 0 Å². The number of carboxylic acids is 1. The van der Waals surface area contributed by atoms with Crippen molar-refractivity contribution >= 4 is 17.9 Å². The minimum Gasteiger partial charge on any atom is -0.478 e. The summed E-state index contributed by atoms with van der Waals surface area (Å²) in [5, 5.41) is 9.09. The molecule has 0 aromatic rings. The third-order valence-corrected chi connectivity index (χ3v) is 4.15. The molecule has 26 heavy (non-hydrogen) atoms. The molecule has 152 valence electrons. The maximum absolute atomic E-state index is 11.7. The number of carbonyl (C=O) groups is 3. The molecule has 0 bridgehead atoms. The van der Waals surface area contributed by atoms with E-state index in [9.17, 15) is 14.4 Å². The largest absolute Gasteiger partial charge is 0.478 e. The van der Waals surface area contributed by atoms with E-state index in [4.69, 9.17) is 14.6 Å². The monoisotopic (exact) mass is 372 g/mol. The summed E-state index contributed by atoms with van der Waals surface area (Å²) in [7, 11) is 0. The number of unbranched alkanes of at least 4 members (excludes halogenated alkanes) is 9. The topological polar surface area (TPSA) is 89.9 Å². The van der Waals surface area contributed by atoms with Gasteiger partial charge in [-0.25, -0.2) is 4.79 Å². The van der Waals surface area contributed by atoms with Gasteiger partial charge >= 0.3 is 17.9 Å². The minimum absolute atomic E-state index is 0.172. The van der Waals surface area contributed by atoms with E-state index in [0.717, 1.165) is 32.1 Å². The van der Waals surface area contributed by atoms with Gasteiger partial charge in [0.25, 0.3) is 0 Å². The summed E-state index contributed by atoms with van der Waals surface area (Å²) in [6, 6.07) is 0. The van der Waals surface area contributed by atoms with Gasteiger partial charge in [0.2, 0.25) is 6.10 Å². The Labute approximate surface area is 157 Å². The van der Waals surface area contributed by atoms with E-state index in [1.165, 1.54) is 32.1 Å². The van der Waals surface area contributed by atoms with Gasteiger partial charge in [0, 0.05) is 6.42 Å². The van der Waals surface area contributed by atoms with E-state index in [-0.39, 0.29) is 13.0 Å². The highest BCUT2D eigenvalue weighted by Crippen LogP contribution is 2.10. The third kappa shape index (κ3) is 14.7. The Kier molecular flexibility index (Phi) is 15.8. The third-order valence-electron chi connectivity index (χ3n) is 4.15. The lowest BCUT2D eigenvalue weighted by molar-refractivity contribution is -0.168. The predicted octanol–water partition coefficient (Wildman–Crippen LogP) is 4.64. The molecule has 0 aliphatic rings. The number of carboxylic acid groups (broad SMARTS) is 1. The first-order valence-electron chi connectivity index (χ1n) is 10.1. The highest BCUT2D eigenvalue weighted by atomic mass is 16.6. The Morgan fingerprint density at radius 2 is 1.31 bits per heavy atom. The smallest absolute Gasteiger partial charge is 0.345 e. The van der Waals surface area contributed by atoms with Crippen molar-refractivity contribution in [2.75, 3.05) is 6.61 Å². The summed E-state index contributed by atoms with van der Waals surface area (Å²) in [6.07, 6.45) is 9.90. The van der Waals surface area contributed by atoms with Crippen molar-refractivity contribution in [3.8, 4) is 0 Å². The molecule has 0 amide bonds. The summed E-state index contributed by atoms with van der Waals surface area (Å²) in [4.78, 5) is 34.5. The molecule has 0 radical (unpaired) electrons. The summed E-state index contributed by atoms with van der Waals surface area (Å²) in [5.74, 6) is -2.54. The predicted molar refractivity (Wildman–Crippen MR) is 99.8 cm³/mol. The van der Waals surface area contributed by atoms with E-state index in [1.54, 1.807) is 0 Å². The Morgan fingerprint density at radius 3 is 1.88 bits per heavy atom. The van der Waals surface area contributed by atoms with Crippen molar-refractivity contribution in [3.63, 3.8) is 0 Å². The molecule has 1 atom stereocenters. The van der Waals surface area contributed by atoms with E-state index in [2.05, 4.69) is 6.92 Å². The van der Waals surface area contributed by atoms with Crippen LogP contribution in [0.3, 0.4) is 0 Å². The molecule has 6 heteroatoms. The van der Waals surface area contributed by atoms with Gasteiger partial charge in [-0.2, -0.15) is 0 Å². The molecule has 0 saturated carbocycles. The first kappa shape index (κ1) is 24.4. The van der Waals surface area contributed by atoms with Gasteiger partial charge in [-0.1, -0.05) is 71.6 Å². The van der Waals surface area contributed by atoms with Crippen LogP contribution in [0.25, 0.3) is 0 Å². The molecular formula is C20H36O6. The molecule has 0 fully saturated rings. The zero-order chi connectivity index (χ0) is 19.6. The van der Waals surface area contributed by atoms with Crippen LogP contribution < -0.4 is 0 Å². The first-order valence-corrected chi connectivity index (χ1v) is 10.1. The Bertz CT molecular complexity index is 394. The zero-order valence-corrected chi connectivity index (χ0v) is 16.5. The second-order valence-corrected chi connectivity index (χ2v) is 6.67. The quantitative estimate of drug-likeness (QED) is 0.295. The maximum Gasteiger partial charge on any atom is 0.345 e. The van der Waals surface area contributed by atoms with E-state index < -0.39 is 30.4 Å². The number of aliphatic carboxylic acids is 1. The molecule has 1 unspecified atom stereocenters. The van der Waals surface area contributed by atoms with Gasteiger partial charge in [0.1, 0.15) is 0 Å². The fourth-order valence-corrected chi connectivity index (χ4v) is 2.55. The molecule has 0 rings (SSSR count). The fourth-order valence-electron chi connectivity index (χ4n) is 2.55. The van der Waals surface area contributed by atoms with Crippen LogP contribution in [0.15, 0.2) is 0 Å². The standard InChI is InChI=1S/C20H36O6/c1-3-5-7-8-9-10-11-13-15-25-19(22)16-17(20(23)24)26-18(21)14-12-6-4-2/h17H,3-16H2,1-2H3,(H,23,24). The molecule has 6 nitrogen and oxygen atoms in total. The summed E-state index contributed by atoms with van der Waals surface area (Å²) in [5.41, 5.74) is 0. The van der Waals surface area contributed by atoms with E-state index in [1.807, 2.05) is 6.92 Å². The molecule has 0 heterocycles. The van der Waals surface area contributed by atoms with Crippen molar-refractivity contribution in [2.45, 2.75) is 103 Å². The first-order chi connectivity index (χ1) is 12.5. The van der Waals surface area contributed by atoms with Crippen LogP contribution in [0.4, 0.5) is 0 Å². The highest BCUT2D eigenvalue weighted by Gasteiger charge is 2.26. The van der Waals surface area contributed by atoms with Crippen LogP contribution in [0.1, 0.15) is 97.3 Å². The lowest BCUT2D eigenvalue weighted by Crippen LogP contribution is -2.30. The molecule has 0 aromatic heterocycles. The fraction of sp³-hybridized carbons (Fsp3) is 0.850. The maximum atomic E-state index is 11.7. The van der Waals surface area contributed by atoms with Crippen molar-refractivity contribution in [1.82, 2.24) is 0 Å². The van der Waals surface area contributed by atoms with Crippen molar-refractivity contribution in [2.24, 2.45) is 0 Å². The van der Waals surface area contributed by atoms with Crippen molar-refractivity contribution in [1.29, 1.82) is 0 Å². The zero-order valence-electron chi connectivity index (χ0n) is 16.5. The Balaban J connectivity index is 3.84. The SMILES string of the molecule is CCCCCCCCCCOC(=O)CC(OC(=O)CCCCC)C(=O)O. The van der Waals surface area contributed by atoms with Crippen LogP contribution in [0.2, 0.25) is 0 Å². The van der Waals surface area contributed by atoms with Crippen LogP contribution in [-0.4, -0.2) is 35.7 Å². The van der Waals surface area contributed by atoms with Crippen molar-refractivity contribution < 1.29 is 29.0 Å². The summed E-state index contributed by atoms with van der Waals surface area (Å²) >= 11 is 0. The summed E-state index contributed by atoms with van der Waals surface area (Å²) in [6.45, 7) is 4.48. The number of rotatable bonds is 17. The lowest BCUT2D eigenvalue weighted by atomic mass is 10.1. The molecule has 0 saturated heterocycles. The van der Waals surface area contributed by atoms with Gasteiger partial charge in [-0.15, -0.1) is 0 Å². The summed E-state index contributed by atoms with van der Waals surface area (Å²) < 4.78 is 9.94. The second-order valence-electron chi connectivity index (χ2n) is 6.67. The van der Waals surface area contributed by atoms with Gasteiger partial charge in [-0.05, 0) is 12.8 Å². The minimum atomic E-state index is -1.46. The molecule has 0 aliphatic heterocycles. The Hall–Kier alpha value is -1.59. The average Bonchev–Trinajstić information content (AvgIpc) is 2.60. The lowest BCUT2D eigenvalue weighted by Gasteiger charge is -2.13. The molecule has 1 N–H and O–H groups in total. The highest BCUT2D eigenvalue weighted by molar-refractivity contribution is 5.83. The molecule has 0 aromatic carbocycles. The molecule has 0 aliphatic carbocycles. The van der Waals surface area contributed by atoms with Crippen LogP contribution >= 0.6 is 0 Å². The van der Waals surface area contributed by atoms with Gasteiger partial charge in [0.15, 0.2) is 0 Å². The second kappa shape index (κ2) is 16.9. The Morgan fingerprint density at radius 1 is 0.769 bits per heavy atom. The number of hydrogen-bond acceptors (Lipinski definition) is 5. The van der Waals surface area contributed by atoms with E-state index in [0.29, 0.717) is 6.42 Å². The van der Waals surface area contributed by atoms with Gasteiger partial charge < -0.3 is 14.6 Å². The number of carbonyl (C=O) groups excluding carboxylic acids is 2. The van der Waals surface area contributed by atoms with E-state index >= 15 is 0 Å². The number of esters is 2. The van der Waals surface area contributed by atoms with Crippen LogP contribution in [-0.2, 0) is 23.9 Å². The van der Waals surface area contributed by atoms with Crippen LogP contribution in [0, 0.1) is 0 Å². The average molecular weight is 373 g/mol.